The van der Waals surface area contributed by atoms with Crippen LogP contribution in [0.5, 0.6) is 0 Å². The minimum atomic E-state index is -2.05. The first-order chi connectivity index (χ1) is 13.9. The molecule has 2 aliphatic heterocycles. The van der Waals surface area contributed by atoms with Crippen molar-refractivity contribution in [1.29, 1.82) is 0 Å². The van der Waals surface area contributed by atoms with Gasteiger partial charge in [-0.05, 0) is 55.5 Å². The average molecular weight is 471 g/mol. The first-order valence-corrected chi connectivity index (χ1v) is 15.9. The number of rotatable bonds is 6. The van der Waals surface area contributed by atoms with Crippen LogP contribution in [0.25, 0.3) is 0 Å². The van der Waals surface area contributed by atoms with Crippen LogP contribution in [0, 0.1) is 0 Å². The molecule has 2 heterocycles. The number of benzene rings is 1. The lowest BCUT2D eigenvalue weighted by atomic mass is 9.98. The smallest absolute Gasteiger partial charge is 0.192 e. The zero-order chi connectivity index (χ0) is 22.2. The monoisotopic (exact) mass is 470 g/mol. The molecule has 2 saturated heterocycles. The summed E-state index contributed by atoms with van der Waals surface area (Å²) < 4.78 is 20.1. The summed E-state index contributed by atoms with van der Waals surface area (Å²) in [4.78, 5) is 0. The van der Waals surface area contributed by atoms with E-state index in [0.29, 0.717) is 0 Å². The molecule has 170 valence electrons. The second kappa shape index (κ2) is 9.46. The summed E-state index contributed by atoms with van der Waals surface area (Å²) in [6, 6.07) is 9.76. The van der Waals surface area contributed by atoms with Gasteiger partial charge in [-0.2, -0.15) is 0 Å². The van der Waals surface area contributed by atoms with E-state index in [9.17, 15) is 5.11 Å². The van der Waals surface area contributed by atoms with Crippen molar-refractivity contribution in [2.45, 2.75) is 94.0 Å². The molecule has 7 heteroatoms. The Labute approximate surface area is 192 Å². The minimum Gasteiger partial charge on any atom is -0.409 e. The van der Waals surface area contributed by atoms with E-state index in [1.807, 2.05) is 67.7 Å². The largest absolute Gasteiger partial charge is 0.409 e. The fourth-order valence-electron chi connectivity index (χ4n) is 3.65. The third-order valence-corrected chi connectivity index (χ3v) is 13.8. The highest BCUT2D eigenvalue weighted by atomic mass is 32.2. The molecule has 0 bridgehead atoms. The highest BCUT2D eigenvalue weighted by molar-refractivity contribution is 8.17. The molecule has 2 aliphatic rings. The summed E-state index contributed by atoms with van der Waals surface area (Å²) in [6.07, 6.45) is -0.469. The van der Waals surface area contributed by atoms with Gasteiger partial charge in [-0.3, -0.25) is 0 Å². The molecule has 3 rings (SSSR count). The minimum absolute atomic E-state index is 0.0950. The summed E-state index contributed by atoms with van der Waals surface area (Å²) >= 11 is 3.92. The molecule has 0 aromatic heterocycles. The van der Waals surface area contributed by atoms with Crippen LogP contribution >= 0.6 is 23.5 Å². The molecule has 1 aromatic carbocycles. The summed E-state index contributed by atoms with van der Waals surface area (Å²) in [7, 11) is -2.05. The normalized spacial score (nSPS) is 27.7. The summed E-state index contributed by atoms with van der Waals surface area (Å²) in [5, 5.41) is 11.4. The molecule has 0 aliphatic carbocycles. The van der Waals surface area contributed by atoms with Gasteiger partial charge in [-0.25, -0.2) is 0 Å². The topological polar surface area (TPSA) is 47.9 Å². The molecule has 1 N–H and O–H groups in total. The van der Waals surface area contributed by atoms with Crippen LogP contribution in [-0.2, 0) is 13.9 Å². The summed E-state index contributed by atoms with van der Waals surface area (Å²) in [6.45, 7) is 15.3. The van der Waals surface area contributed by atoms with Crippen molar-refractivity contribution in [2.75, 3.05) is 11.5 Å². The van der Waals surface area contributed by atoms with Crippen molar-refractivity contribution in [2.24, 2.45) is 0 Å². The maximum absolute atomic E-state index is 11.3. The lowest BCUT2D eigenvalue weighted by molar-refractivity contribution is -0.159. The summed E-state index contributed by atoms with van der Waals surface area (Å²) in [5.74, 6) is 1.51. The predicted molar refractivity (Wildman–Crippen MR) is 131 cm³/mol. The number of hydrogen-bond acceptors (Lipinski definition) is 6. The van der Waals surface area contributed by atoms with Gasteiger partial charge in [0.2, 0.25) is 0 Å². The van der Waals surface area contributed by atoms with Gasteiger partial charge < -0.3 is 19.0 Å². The summed E-state index contributed by atoms with van der Waals surface area (Å²) in [5.41, 5.74) is 0.851. The molecule has 30 heavy (non-hydrogen) atoms. The highest BCUT2D eigenvalue weighted by Crippen LogP contribution is 2.46. The number of ether oxygens (including phenoxy) is 2. The van der Waals surface area contributed by atoms with E-state index in [1.54, 1.807) is 0 Å². The molecule has 1 aromatic rings. The van der Waals surface area contributed by atoms with E-state index < -0.39 is 26.3 Å². The van der Waals surface area contributed by atoms with Crippen LogP contribution in [0.4, 0.5) is 0 Å². The van der Waals surface area contributed by atoms with Gasteiger partial charge in [0.15, 0.2) is 14.1 Å². The number of aliphatic hydroxyl groups is 1. The van der Waals surface area contributed by atoms with Crippen LogP contribution in [0.15, 0.2) is 30.3 Å². The zero-order valence-corrected chi connectivity index (χ0v) is 22.0. The molecule has 4 nitrogen and oxygen atoms in total. The van der Waals surface area contributed by atoms with Gasteiger partial charge in [0, 0.05) is 0 Å². The first kappa shape index (κ1) is 24.6. The Hall–Kier alpha value is -0.0231. The van der Waals surface area contributed by atoms with Crippen molar-refractivity contribution in [3.05, 3.63) is 35.9 Å². The van der Waals surface area contributed by atoms with Crippen molar-refractivity contribution in [1.82, 2.24) is 0 Å². The molecule has 0 saturated carbocycles. The molecule has 4 atom stereocenters. The van der Waals surface area contributed by atoms with E-state index in [-0.39, 0.29) is 21.8 Å². The lowest BCUT2D eigenvalue weighted by Gasteiger charge is -2.44. The molecular weight excluding hydrogens is 432 g/mol. The van der Waals surface area contributed by atoms with E-state index in [1.165, 1.54) is 6.42 Å². The fourth-order valence-corrected chi connectivity index (χ4v) is 8.18. The number of thioether (sulfide) groups is 2. The maximum Gasteiger partial charge on any atom is 0.192 e. The lowest BCUT2D eigenvalue weighted by Crippen LogP contribution is -2.53. The van der Waals surface area contributed by atoms with E-state index in [2.05, 4.69) is 33.9 Å². The third-order valence-electron chi connectivity index (χ3n) is 6.30. The quantitative estimate of drug-likeness (QED) is 0.528. The molecule has 0 unspecified atom stereocenters. The molecular formula is C23H38O4S2Si. The van der Waals surface area contributed by atoms with Crippen LogP contribution in [0.1, 0.15) is 52.7 Å². The standard InChI is InChI=1S/C23H38O4S2Si/c1-22(2,3)30(6,7)27-20(21-28-14-11-15-29-21)19-18(25-23(4,5)26-19)17(24)16-12-9-8-10-13-16/h8-10,12-13,17-21,24H,11,14-15H2,1-7H3/t17-,18+,19-,20+/m0/s1. The first-order valence-electron chi connectivity index (χ1n) is 10.9. The second-order valence-corrected chi connectivity index (χ2v) is 17.8. The molecule has 2 fully saturated rings. The van der Waals surface area contributed by atoms with Crippen LogP contribution in [0.3, 0.4) is 0 Å². The van der Waals surface area contributed by atoms with Gasteiger partial charge in [0.25, 0.3) is 0 Å². The zero-order valence-electron chi connectivity index (χ0n) is 19.4. The van der Waals surface area contributed by atoms with Crippen LogP contribution in [-0.4, -0.2) is 53.6 Å². The van der Waals surface area contributed by atoms with Crippen LogP contribution < -0.4 is 0 Å². The van der Waals surface area contributed by atoms with Gasteiger partial charge >= 0.3 is 0 Å². The van der Waals surface area contributed by atoms with E-state index in [4.69, 9.17) is 13.9 Å². The highest BCUT2D eigenvalue weighted by Gasteiger charge is 2.53. The third kappa shape index (κ3) is 5.66. The molecule has 0 radical (unpaired) electrons. The Morgan fingerprint density at radius 2 is 1.63 bits per heavy atom. The number of hydrogen-bond donors (Lipinski definition) is 1. The van der Waals surface area contributed by atoms with E-state index in [0.717, 1.165) is 17.1 Å². The Morgan fingerprint density at radius 1 is 1.07 bits per heavy atom. The fraction of sp³-hybridized carbons (Fsp3) is 0.739. The molecule has 0 spiro atoms. The Balaban J connectivity index is 1.94. The van der Waals surface area contributed by atoms with Crippen molar-refractivity contribution in [3.8, 4) is 0 Å². The van der Waals surface area contributed by atoms with Gasteiger partial charge in [-0.15, -0.1) is 23.5 Å². The van der Waals surface area contributed by atoms with Crippen molar-refractivity contribution in [3.63, 3.8) is 0 Å². The Kier molecular flexibility index (Phi) is 7.76. The Morgan fingerprint density at radius 3 is 2.20 bits per heavy atom. The van der Waals surface area contributed by atoms with Crippen molar-refractivity contribution >= 4 is 31.8 Å². The van der Waals surface area contributed by atoms with Gasteiger partial charge in [0.1, 0.15) is 18.3 Å². The van der Waals surface area contributed by atoms with E-state index >= 15 is 0 Å². The second-order valence-electron chi connectivity index (χ2n) is 10.2. The van der Waals surface area contributed by atoms with Crippen LogP contribution in [0.2, 0.25) is 18.1 Å². The predicted octanol–water partition coefficient (Wildman–Crippen LogP) is 5.83. The number of aliphatic hydroxyl groups excluding tert-OH is 1. The van der Waals surface area contributed by atoms with Gasteiger partial charge in [0.05, 0.1) is 10.7 Å². The van der Waals surface area contributed by atoms with Crippen molar-refractivity contribution < 1.29 is 19.0 Å². The molecule has 0 amide bonds. The maximum atomic E-state index is 11.3. The Bertz CT molecular complexity index is 686. The SMILES string of the molecule is CC1(C)O[C@H]([C@@H](O)c2ccccc2)[C@@H]([C@@H](O[Si](C)(C)C(C)(C)C)C2SCCCS2)O1. The average Bonchev–Trinajstić information content (AvgIpc) is 3.01. The van der Waals surface area contributed by atoms with Gasteiger partial charge in [-0.1, -0.05) is 51.1 Å².